The lowest BCUT2D eigenvalue weighted by molar-refractivity contribution is -0.684. The van der Waals surface area contributed by atoms with Gasteiger partial charge >= 0.3 is 5.91 Å². The van der Waals surface area contributed by atoms with E-state index in [1.165, 1.54) is 0 Å². The molecule has 0 aliphatic heterocycles. The highest BCUT2D eigenvalue weighted by molar-refractivity contribution is 5.82. The van der Waals surface area contributed by atoms with Crippen molar-refractivity contribution in [2.45, 2.75) is 13.5 Å². The average Bonchev–Trinajstić information content (AvgIpc) is 2.40. The van der Waals surface area contributed by atoms with Gasteiger partial charge in [-0.2, -0.15) is 9.67 Å². The van der Waals surface area contributed by atoms with Crippen LogP contribution in [0.1, 0.15) is 11.1 Å². The number of amides is 1. The summed E-state index contributed by atoms with van der Waals surface area (Å²) in [6, 6.07) is 13.6. The highest BCUT2D eigenvalue weighted by Crippen LogP contribution is 2.00. The molecular formula is C15H16N3O+. The summed E-state index contributed by atoms with van der Waals surface area (Å²) in [6.45, 7) is 2.27. The number of nitrogens with one attached hydrogen (secondary N) is 1. The summed E-state index contributed by atoms with van der Waals surface area (Å²) in [5.41, 5.74) is 4.64. The first-order chi connectivity index (χ1) is 9.24. The quantitative estimate of drug-likeness (QED) is 0.501. The summed E-state index contributed by atoms with van der Waals surface area (Å²) < 4.78 is 1.79. The van der Waals surface area contributed by atoms with Crippen molar-refractivity contribution >= 4 is 12.1 Å². The fraction of sp³-hybridized carbons (Fsp3) is 0.133. The monoisotopic (exact) mass is 254 g/mol. The number of nitrogens with zero attached hydrogens (tertiary/aromatic N) is 2. The van der Waals surface area contributed by atoms with Crippen LogP contribution >= 0.6 is 0 Å². The minimum atomic E-state index is -0.153. The molecule has 0 saturated carbocycles. The Kier molecular flexibility index (Phi) is 4.39. The van der Waals surface area contributed by atoms with Gasteiger partial charge in [0.2, 0.25) is 6.54 Å². The Morgan fingerprint density at radius 1 is 1.26 bits per heavy atom. The number of hydrogen-bond donors (Lipinski definition) is 1. The van der Waals surface area contributed by atoms with Crippen molar-refractivity contribution in [2.24, 2.45) is 5.10 Å². The van der Waals surface area contributed by atoms with Crippen LogP contribution in [0.4, 0.5) is 0 Å². The molecule has 0 spiro atoms. The van der Waals surface area contributed by atoms with Crippen molar-refractivity contribution < 1.29 is 9.36 Å². The van der Waals surface area contributed by atoms with Crippen LogP contribution in [-0.4, -0.2) is 12.1 Å². The van der Waals surface area contributed by atoms with Gasteiger partial charge in [-0.05, 0) is 12.5 Å². The minimum Gasteiger partial charge on any atom is -0.266 e. The third-order valence-corrected chi connectivity index (χ3v) is 2.55. The van der Waals surface area contributed by atoms with Crippen LogP contribution in [0.3, 0.4) is 0 Å². The maximum absolute atomic E-state index is 11.6. The van der Waals surface area contributed by atoms with E-state index in [4.69, 9.17) is 0 Å². The molecule has 4 nitrogen and oxygen atoms in total. The van der Waals surface area contributed by atoms with Gasteiger partial charge in [-0.25, -0.2) is 5.43 Å². The Balaban J connectivity index is 1.87. The number of aromatic nitrogens is 1. The van der Waals surface area contributed by atoms with E-state index in [1.54, 1.807) is 10.8 Å². The van der Waals surface area contributed by atoms with Crippen LogP contribution < -0.4 is 9.99 Å². The van der Waals surface area contributed by atoms with Gasteiger partial charge in [0, 0.05) is 12.1 Å². The Bertz CT molecular complexity index is 579. The number of hydrogen-bond acceptors (Lipinski definition) is 2. The maximum Gasteiger partial charge on any atom is 0.305 e. The molecule has 1 amide bonds. The molecule has 1 aromatic carbocycles. The highest BCUT2D eigenvalue weighted by atomic mass is 16.2. The minimum absolute atomic E-state index is 0.153. The zero-order chi connectivity index (χ0) is 13.5. The van der Waals surface area contributed by atoms with Crippen LogP contribution in [0.5, 0.6) is 0 Å². The summed E-state index contributed by atoms with van der Waals surface area (Å²) in [7, 11) is 0. The second-order valence-electron chi connectivity index (χ2n) is 4.26. The molecule has 0 radical (unpaired) electrons. The summed E-state index contributed by atoms with van der Waals surface area (Å²) in [6.07, 6.45) is 5.31. The molecule has 0 aliphatic rings. The van der Waals surface area contributed by atoms with Crippen LogP contribution in [0, 0.1) is 6.92 Å². The van der Waals surface area contributed by atoms with Gasteiger partial charge in [0.15, 0.2) is 12.4 Å². The van der Waals surface area contributed by atoms with E-state index in [2.05, 4.69) is 10.5 Å². The number of hydrazone groups is 1. The normalized spacial score (nSPS) is 10.6. The highest BCUT2D eigenvalue weighted by Gasteiger charge is 2.06. The lowest BCUT2D eigenvalue weighted by Crippen LogP contribution is -2.40. The standard InChI is InChI=1S/C15H15N3O/c1-13-6-5-7-14(10-13)11-16-17-15(19)12-18-8-3-2-4-9-18/h2-11H,12H2,1H3/p+1/b16-11-. The van der Waals surface area contributed by atoms with Crippen molar-refractivity contribution in [1.29, 1.82) is 0 Å². The average molecular weight is 254 g/mol. The van der Waals surface area contributed by atoms with E-state index >= 15 is 0 Å². The van der Waals surface area contributed by atoms with Crippen molar-refractivity contribution in [3.8, 4) is 0 Å². The number of rotatable bonds is 4. The largest absolute Gasteiger partial charge is 0.305 e. The van der Waals surface area contributed by atoms with Gasteiger partial charge in [-0.3, -0.25) is 4.79 Å². The molecule has 0 unspecified atom stereocenters. The molecule has 19 heavy (non-hydrogen) atoms. The molecule has 0 bridgehead atoms. The fourth-order valence-electron chi connectivity index (χ4n) is 1.67. The molecule has 2 rings (SSSR count). The number of benzene rings is 1. The molecule has 0 atom stereocenters. The molecule has 0 aliphatic carbocycles. The molecule has 0 fully saturated rings. The number of carbonyl (C=O) groups excluding carboxylic acids is 1. The fourth-order valence-corrected chi connectivity index (χ4v) is 1.67. The molecule has 4 heteroatoms. The topological polar surface area (TPSA) is 45.3 Å². The van der Waals surface area contributed by atoms with E-state index in [-0.39, 0.29) is 12.5 Å². The number of aryl methyl sites for hydroxylation is 1. The third kappa shape index (κ3) is 4.35. The molecule has 1 heterocycles. The van der Waals surface area contributed by atoms with Gasteiger partial charge in [-0.15, -0.1) is 0 Å². The van der Waals surface area contributed by atoms with Crippen molar-refractivity contribution in [2.75, 3.05) is 0 Å². The Labute approximate surface area is 112 Å². The van der Waals surface area contributed by atoms with Gasteiger partial charge in [0.25, 0.3) is 0 Å². The second-order valence-corrected chi connectivity index (χ2v) is 4.26. The van der Waals surface area contributed by atoms with Crippen molar-refractivity contribution in [3.63, 3.8) is 0 Å². The number of carbonyl (C=O) groups is 1. The number of pyridine rings is 1. The van der Waals surface area contributed by atoms with E-state index in [1.807, 2.05) is 61.8 Å². The first-order valence-electron chi connectivity index (χ1n) is 6.07. The van der Waals surface area contributed by atoms with Crippen molar-refractivity contribution in [1.82, 2.24) is 5.43 Å². The van der Waals surface area contributed by atoms with E-state index in [0.29, 0.717) is 0 Å². The van der Waals surface area contributed by atoms with Crippen LogP contribution in [0.2, 0.25) is 0 Å². The van der Waals surface area contributed by atoms with E-state index < -0.39 is 0 Å². The molecule has 1 aromatic heterocycles. The first-order valence-corrected chi connectivity index (χ1v) is 6.07. The summed E-state index contributed by atoms with van der Waals surface area (Å²) in [5, 5.41) is 3.94. The SMILES string of the molecule is Cc1cccc(/C=N\NC(=O)C[n+]2ccccc2)c1. The molecule has 0 saturated heterocycles. The lowest BCUT2D eigenvalue weighted by Gasteiger charge is -1.97. The maximum atomic E-state index is 11.6. The molecule has 2 aromatic rings. The summed E-state index contributed by atoms with van der Waals surface area (Å²) in [4.78, 5) is 11.6. The lowest BCUT2D eigenvalue weighted by atomic mass is 10.2. The zero-order valence-electron chi connectivity index (χ0n) is 10.8. The smallest absolute Gasteiger partial charge is 0.266 e. The summed E-state index contributed by atoms with van der Waals surface area (Å²) in [5.74, 6) is -0.153. The molecule has 96 valence electrons. The first kappa shape index (κ1) is 13.0. The van der Waals surface area contributed by atoms with Crippen LogP contribution in [0.15, 0.2) is 60.0 Å². The molecular weight excluding hydrogens is 238 g/mol. The summed E-state index contributed by atoms with van der Waals surface area (Å²) >= 11 is 0. The second kappa shape index (κ2) is 6.44. The van der Waals surface area contributed by atoms with Gasteiger partial charge in [-0.1, -0.05) is 35.9 Å². The van der Waals surface area contributed by atoms with E-state index in [0.717, 1.165) is 11.1 Å². The Morgan fingerprint density at radius 2 is 2.05 bits per heavy atom. The third-order valence-electron chi connectivity index (χ3n) is 2.55. The Morgan fingerprint density at radius 3 is 2.79 bits per heavy atom. The van der Waals surface area contributed by atoms with Crippen molar-refractivity contribution in [3.05, 3.63) is 66.0 Å². The predicted molar refractivity (Wildman–Crippen MR) is 73.6 cm³/mol. The molecule has 1 N–H and O–H groups in total. The zero-order valence-corrected chi connectivity index (χ0v) is 10.8. The van der Waals surface area contributed by atoms with E-state index in [9.17, 15) is 4.79 Å². The van der Waals surface area contributed by atoms with Gasteiger partial charge < -0.3 is 0 Å². The van der Waals surface area contributed by atoms with Gasteiger partial charge in [0.05, 0.1) is 6.21 Å². The van der Waals surface area contributed by atoms with Gasteiger partial charge in [0.1, 0.15) is 0 Å². The predicted octanol–water partition coefficient (Wildman–Crippen LogP) is 1.43. The van der Waals surface area contributed by atoms with Crippen LogP contribution in [0.25, 0.3) is 0 Å². The van der Waals surface area contributed by atoms with Crippen LogP contribution in [-0.2, 0) is 11.3 Å². The Hall–Kier alpha value is -2.49.